The van der Waals surface area contributed by atoms with Crippen molar-refractivity contribution in [1.29, 1.82) is 0 Å². The molecule has 0 radical (unpaired) electrons. The Hall–Kier alpha value is -3.54. The largest absolute Gasteiger partial charge is 0.508 e. The van der Waals surface area contributed by atoms with Gasteiger partial charge >= 0.3 is 0 Å². The molecule has 3 aromatic carbocycles. The van der Waals surface area contributed by atoms with E-state index >= 15 is 0 Å². The van der Waals surface area contributed by atoms with Crippen molar-refractivity contribution in [3.63, 3.8) is 0 Å². The molecule has 28 heavy (non-hydrogen) atoms. The number of hydrogen-bond donors (Lipinski definition) is 6. The van der Waals surface area contributed by atoms with Gasteiger partial charge in [0.2, 0.25) is 0 Å². The van der Waals surface area contributed by atoms with E-state index in [1.165, 1.54) is 48.5 Å². The molecule has 3 rings (SSSR count). The zero-order chi connectivity index (χ0) is 20.3. The van der Waals surface area contributed by atoms with Gasteiger partial charge in [-0.05, 0) is 96.5 Å². The highest BCUT2D eigenvalue weighted by Gasteiger charge is 2.12. The van der Waals surface area contributed by atoms with E-state index in [0.29, 0.717) is 47.9 Å². The van der Waals surface area contributed by atoms with E-state index in [1.54, 1.807) is 0 Å². The third kappa shape index (κ3) is 4.40. The zero-order valence-corrected chi connectivity index (χ0v) is 15.1. The molecule has 0 saturated carbocycles. The molecule has 0 bridgehead atoms. The second kappa shape index (κ2) is 8.00. The highest BCUT2D eigenvalue weighted by molar-refractivity contribution is 5.47. The van der Waals surface area contributed by atoms with Gasteiger partial charge in [0.05, 0.1) is 0 Å². The lowest BCUT2D eigenvalue weighted by Crippen LogP contribution is -1.97. The first-order valence-electron chi connectivity index (χ1n) is 8.89. The first-order valence-corrected chi connectivity index (χ1v) is 8.89. The molecule has 0 aromatic heterocycles. The third-order valence-electron chi connectivity index (χ3n) is 4.73. The molecule has 6 heteroatoms. The Morgan fingerprint density at radius 1 is 0.393 bits per heavy atom. The second-order valence-electron chi connectivity index (χ2n) is 6.74. The highest BCUT2D eigenvalue weighted by Crippen LogP contribution is 2.32. The summed E-state index contributed by atoms with van der Waals surface area (Å²) >= 11 is 0. The van der Waals surface area contributed by atoms with Crippen molar-refractivity contribution in [2.45, 2.75) is 25.7 Å². The van der Waals surface area contributed by atoms with E-state index in [-0.39, 0.29) is 34.5 Å². The van der Waals surface area contributed by atoms with E-state index < -0.39 is 0 Å². The number of rotatable bonds is 6. The van der Waals surface area contributed by atoms with Crippen LogP contribution >= 0.6 is 0 Å². The van der Waals surface area contributed by atoms with Crippen LogP contribution in [0.3, 0.4) is 0 Å². The van der Waals surface area contributed by atoms with Gasteiger partial charge in [0.25, 0.3) is 0 Å². The Bertz CT molecular complexity index is 915. The van der Waals surface area contributed by atoms with Crippen molar-refractivity contribution >= 4 is 0 Å². The van der Waals surface area contributed by atoms with Crippen LogP contribution in [0.5, 0.6) is 34.5 Å². The lowest BCUT2D eigenvalue weighted by atomic mass is 9.97. The minimum atomic E-state index is 0.0209. The van der Waals surface area contributed by atoms with E-state index in [0.717, 1.165) is 0 Å². The number of aryl methyl sites for hydroxylation is 4. The number of phenols is 6. The van der Waals surface area contributed by atoms with Crippen LogP contribution in [0, 0.1) is 0 Å². The lowest BCUT2D eigenvalue weighted by Gasteiger charge is -2.12. The molecular formula is C22H22O6. The Labute approximate surface area is 162 Å². The van der Waals surface area contributed by atoms with Crippen LogP contribution in [-0.2, 0) is 25.7 Å². The Morgan fingerprint density at radius 3 is 1.07 bits per heavy atom. The molecule has 0 atom stereocenters. The summed E-state index contributed by atoms with van der Waals surface area (Å²) in [4.78, 5) is 0. The van der Waals surface area contributed by atoms with Crippen molar-refractivity contribution in [3.8, 4) is 34.5 Å². The molecule has 0 aliphatic carbocycles. The molecule has 0 fully saturated rings. The second-order valence-corrected chi connectivity index (χ2v) is 6.74. The van der Waals surface area contributed by atoms with E-state index in [4.69, 9.17) is 0 Å². The van der Waals surface area contributed by atoms with Crippen LogP contribution in [0.2, 0.25) is 0 Å². The summed E-state index contributed by atoms with van der Waals surface area (Å²) < 4.78 is 0. The number of phenolic OH excluding ortho intramolecular Hbond substituents is 6. The van der Waals surface area contributed by atoms with Crippen LogP contribution < -0.4 is 0 Å². The fourth-order valence-corrected chi connectivity index (χ4v) is 3.15. The molecule has 6 N–H and O–H groups in total. The molecule has 0 aliphatic heterocycles. The Balaban J connectivity index is 1.71. The zero-order valence-electron chi connectivity index (χ0n) is 15.1. The minimum absolute atomic E-state index is 0.0209. The van der Waals surface area contributed by atoms with Gasteiger partial charge in [-0.2, -0.15) is 0 Å². The first-order chi connectivity index (χ1) is 13.3. The van der Waals surface area contributed by atoms with Gasteiger partial charge in [-0.1, -0.05) is 0 Å². The predicted octanol–water partition coefficient (Wildman–Crippen LogP) is 3.49. The van der Waals surface area contributed by atoms with Gasteiger partial charge in [0.1, 0.15) is 34.5 Å². The molecule has 0 amide bonds. The van der Waals surface area contributed by atoms with Crippen molar-refractivity contribution in [2.24, 2.45) is 0 Å². The summed E-state index contributed by atoms with van der Waals surface area (Å²) in [5, 5.41) is 59.3. The van der Waals surface area contributed by atoms with Crippen molar-refractivity contribution < 1.29 is 30.6 Å². The number of hydrogen-bond acceptors (Lipinski definition) is 6. The molecule has 0 heterocycles. The smallest absolute Gasteiger partial charge is 0.119 e. The summed E-state index contributed by atoms with van der Waals surface area (Å²) in [7, 11) is 0. The van der Waals surface area contributed by atoms with Crippen molar-refractivity contribution in [3.05, 3.63) is 70.8 Å². The van der Waals surface area contributed by atoms with Crippen LogP contribution in [-0.4, -0.2) is 30.6 Å². The highest BCUT2D eigenvalue weighted by atomic mass is 16.3. The SMILES string of the molecule is Oc1ccc(O)c(CCc2cc(O)c(CCc3cc(O)ccc3O)cc2O)c1. The van der Waals surface area contributed by atoms with E-state index in [2.05, 4.69) is 0 Å². The summed E-state index contributed by atoms with van der Waals surface area (Å²) in [5.41, 5.74) is 2.12. The summed E-state index contributed by atoms with van der Waals surface area (Å²) in [6, 6.07) is 11.5. The molecule has 146 valence electrons. The quantitative estimate of drug-likeness (QED) is 0.363. The maximum absolute atomic E-state index is 10.3. The molecule has 0 unspecified atom stereocenters. The summed E-state index contributed by atoms with van der Waals surface area (Å²) in [6.07, 6.45) is 1.49. The Morgan fingerprint density at radius 2 is 0.714 bits per heavy atom. The predicted molar refractivity (Wildman–Crippen MR) is 104 cm³/mol. The summed E-state index contributed by atoms with van der Waals surface area (Å²) in [5.74, 6) is 0.254. The third-order valence-corrected chi connectivity index (χ3v) is 4.73. The normalized spacial score (nSPS) is 10.9. The van der Waals surface area contributed by atoms with Gasteiger partial charge in [0, 0.05) is 0 Å². The topological polar surface area (TPSA) is 121 Å². The standard InChI is InChI=1S/C22H22O6/c23-17-5-7-19(25)13(9-17)1-3-15-11-22(28)16(12-21(15)27)4-2-14-10-18(24)6-8-20(14)26/h5-12,23-28H,1-4H2. The maximum Gasteiger partial charge on any atom is 0.119 e. The fraction of sp³-hybridized carbons (Fsp3) is 0.182. The van der Waals surface area contributed by atoms with Gasteiger partial charge in [-0.25, -0.2) is 0 Å². The minimum Gasteiger partial charge on any atom is -0.508 e. The monoisotopic (exact) mass is 382 g/mol. The average Bonchev–Trinajstić information content (AvgIpc) is 2.66. The van der Waals surface area contributed by atoms with Gasteiger partial charge in [0.15, 0.2) is 0 Å². The molecule has 0 saturated heterocycles. The molecule has 3 aromatic rings. The Kier molecular flexibility index (Phi) is 5.49. The molecule has 0 spiro atoms. The molecular weight excluding hydrogens is 360 g/mol. The molecule has 0 aliphatic rings. The maximum atomic E-state index is 10.3. The lowest BCUT2D eigenvalue weighted by molar-refractivity contribution is 0.444. The van der Waals surface area contributed by atoms with E-state index in [9.17, 15) is 30.6 Å². The first kappa shape index (κ1) is 19.2. The van der Waals surface area contributed by atoms with Crippen LogP contribution in [0.25, 0.3) is 0 Å². The van der Waals surface area contributed by atoms with Crippen molar-refractivity contribution in [2.75, 3.05) is 0 Å². The van der Waals surface area contributed by atoms with Gasteiger partial charge in [-0.3, -0.25) is 0 Å². The van der Waals surface area contributed by atoms with Gasteiger partial charge in [-0.15, -0.1) is 0 Å². The fourth-order valence-electron chi connectivity index (χ4n) is 3.15. The van der Waals surface area contributed by atoms with Gasteiger partial charge < -0.3 is 30.6 Å². The van der Waals surface area contributed by atoms with Crippen LogP contribution in [0.1, 0.15) is 22.3 Å². The summed E-state index contributed by atoms with van der Waals surface area (Å²) in [6.45, 7) is 0. The average molecular weight is 382 g/mol. The van der Waals surface area contributed by atoms with Crippen LogP contribution in [0.15, 0.2) is 48.5 Å². The number of benzene rings is 3. The van der Waals surface area contributed by atoms with Crippen molar-refractivity contribution in [1.82, 2.24) is 0 Å². The van der Waals surface area contributed by atoms with E-state index in [1.807, 2.05) is 0 Å². The van der Waals surface area contributed by atoms with Crippen LogP contribution in [0.4, 0.5) is 0 Å². The molecule has 6 nitrogen and oxygen atoms in total. The number of aromatic hydroxyl groups is 6.